The summed E-state index contributed by atoms with van der Waals surface area (Å²) in [6.45, 7) is 12.6. The van der Waals surface area contributed by atoms with Crippen molar-refractivity contribution in [2.75, 3.05) is 6.61 Å². The number of hydrogen-bond donors (Lipinski definition) is 0. The van der Waals surface area contributed by atoms with Crippen molar-refractivity contribution in [1.29, 1.82) is 0 Å². The lowest BCUT2D eigenvalue weighted by molar-refractivity contribution is -0.145. The van der Waals surface area contributed by atoms with Crippen LogP contribution in [0.2, 0.25) is 37.8 Å². The Kier molecular flexibility index (Phi) is 9.75. The van der Waals surface area contributed by atoms with Gasteiger partial charge in [-0.2, -0.15) is 0 Å². The second-order valence-electron chi connectivity index (χ2n) is 10.7. The summed E-state index contributed by atoms with van der Waals surface area (Å²) in [5.41, 5.74) is 0.877. The quantitative estimate of drug-likeness (QED) is 0.209. The van der Waals surface area contributed by atoms with E-state index in [0.717, 1.165) is 24.3 Å². The van der Waals surface area contributed by atoms with E-state index in [-0.39, 0.29) is 5.97 Å². The van der Waals surface area contributed by atoms with E-state index in [1.807, 2.05) is 0 Å². The first-order valence-corrected chi connectivity index (χ1v) is 18.2. The Balaban J connectivity index is 1.72. The zero-order valence-corrected chi connectivity index (χ0v) is 21.4. The highest BCUT2D eigenvalue weighted by molar-refractivity contribution is 6.85. The number of unbranched alkanes of at least 4 members (excludes halogenated alkanes) is 1. The molecule has 0 aromatic carbocycles. The van der Waals surface area contributed by atoms with Gasteiger partial charge in [0, 0.05) is 6.42 Å². The maximum absolute atomic E-state index is 12.0. The molecule has 0 radical (unpaired) electrons. The Labute approximate surface area is 176 Å². The van der Waals surface area contributed by atoms with Gasteiger partial charge in [-0.05, 0) is 68.9 Å². The first-order valence-electron chi connectivity index (χ1n) is 12.1. The average molecular weight is 427 g/mol. The molecule has 28 heavy (non-hydrogen) atoms. The maximum Gasteiger partial charge on any atom is 0.306 e. The van der Waals surface area contributed by atoms with Crippen LogP contribution in [0.4, 0.5) is 0 Å². The SMILES string of the molecule is CCCCOC(=O)CC1CCC(C[Si](C)(C)O[Si](C)(C)C2CCCCC2)CC1. The third kappa shape index (κ3) is 8.31. The number of carbonyl (C=O) groups is 1. The van der Waals surface area contributed by atoms with Crippen molar-refractivity contribution in [2.24, 2.45) is 11.8 Å². The molecule has 0 atom stereocenters. The van der Waals surface area contributed by atoms with E-state index in [0.29, 0.717) is 18.9 Å². The largest absolute Gasteiger partial charge is 0.466 e. The van der Waals surface area contributed by atoms with Gasteiger partial charge in [0.1, 0.15) is 0 Å². The molecular weight excluding hydrogens is 380 g/mol. The molecule has 0 spiro atoms. The van der Waals surface area contributed by atoms with Crippen molar-refractivity contribution in [2.45, 2.75) is 122 Å². The zero-order valence-electron chi connectivity index (χ0n) is 19.4. The van der Waals surface area contributed by atoms with Crippen molar-refractivity contribution in [3.05, 3.63) is 0 Å². The highest BCUT2D eigenvalue weighted by atomic mass is 28.4. The van der Waals surface area contributed by atoms with Crippen LogP contribution in [0.3, 0.4) is 0 Å². The fourth-order valence-electron chi connectivity index (χ4n) is 5.59. The molecule has 0 aromatic heterocycles. The molecule has 0 heterocycles. The fraction of sp³-hybridized carbons (Fsp3) is 0.957. The summed E-state index contributed by atoms with van der Waals surface area (Å²) in [4.78, 5) is 12.0. The van der Waals surface area contributed by atoms with E-state index in [2.05, 4.69) is 33.1 Å². The molecule has 164 valence electrons. The highest BCUT2D eigenvalue weighted by Crippen LogP contribution is 2.41. The van der Waals surface area contributed by atoms with Crippen molar-refractivity contribution >= 4 is 22.6 Å². The lowest BCUT2D eigenvalue weighted by Gasteiger charge is -2.42. The summed E-state index contributed by atoms with van der Waals surface area (Å²) in [6, 6.07) is 1.31. The van der Waals surface area contributed by atoms with Crippen molar-refractivity contribution in [1.82, 2.24) is 0 Å². The van der Waals surface area contributed by atoms with Crippen LogP contribution in [0.5, 0.6) is 0 Å². The summed E-state index contributed by atoms with van der Waals surface area (Å²) in [5.74, 6) is 1.38. The number of hydrogen-bond acceptors (Lipinski definition) is 3. The predicted octanol–water partition coefficient (Wildman–Crippen LogP) is 7.29. The molecule has 2 aliphatic carbocycles. The highest BCUT2D eigenvalue weighted by Gasteiger charge is 2.40. The molecule has 3 nitrogen and oxygen atoms in total. The number of rotatable bonds is 10. The predicted molar refractivity (Wildman–Crippen MR) is 124 cm³/mol. The monoisotopic (exact) mass is 426 g/mol. The number of carbonyl (C=O) groups excluding carboxylic acids is 1. The van der Waals surface area contributed by atoms with Gasteiger partial charge in [0.05, 0.1) is 6.61 Å². The summed E-state index contributed by atoms with van der Waals surface area (Å²) in [7, 11) is -3.19. The van der Waals surface area contributed by atoms with Gasteiger partial charge < -0.3 is 8.85 Å². The molecule has 0 saturated heterocycles. The van der Waals surface area contributed by atoms with Crippen LogP contribution < -0.4 is 0 Å². The van der Waals surface area contributed by atoms with Gasteiger partial charge in [-0.25, -0.2) is 0 Å². The number of ether oxygens (including phenoxy) is 1. The van der Waals surface area contributed by atoms with Crippen molar-refractivity contribution < 1.29 is 13.6 Å². The van der Waals surface area contributed by atoms with Gasteiger partial charge in [0.25, 0.3) is 0 Å². The minimum atomic E-state index is -1.62. The van der Waals surface area contributed by atoms with Crippen molar-refractivity contribution in [3.63, 3.8) is 0 Å². The molecule has 0 aliphatic heterocycles. The Bertz CT molecular complexity index is 464. The Morgan fingerprint density at radius 3 is 2.11 bits per heavy atom. The summed E-state index contributed by atoms with van der Waals surface area (Å²) in [5, 5.41) is 0. The van der Waals surface area contributed by atoms with E-state index in [4.69, 9.17) is 8.85 Å². The number of esters is 1. The second-order valence-corrected chi connectivity index (χ2v) is 19.4. The molecule has 2 rings (SSSR count). The topological polar surface area (TPSA) is 35.5 Å². The summed E-state index contributed by atoms with van der Waals surface area (Å²) >= 11 is 0. The second kappa shape index (κ2) is 11.3. The molecule has 0 unspecified atom stereocenters. The lowest BCUT2D eigenvalue weighted by Crippen LogP contribution is -2.48. The van der Waals surface area contributed by atoms with Crippen LogP contribution in [0, 0.1) is 11.8 Å². The first-order chi connectivity index (χ1) is 13.2. The van der Waals surface area contributed by atoms with E-state index < -0.39 is 16.6 Å². The summed E-state index contributed by atoms with van der Waals surface area (Å²) < 4.78 is 12.4. The summed E-state index contributed by atoms with van der Waals surface area (Å²) in [6.07, 6.45) is 14.7. The minimum Gasteiger partial charge on any atom is -0.466 e. The van der Waals surface area contributed by atoms with E-state index in [9.17, 15) is 4.79 Å². The molecule has 0 N–H and O–H groups in total. The Morgan fingerprint density at radius 1 is 0.893 bits per heavy atom. The van der Waals surface area contributed by atoms with Crippen LogP contribution >= 0.6 is 0 Å². The van der Waals surface area contributed by atoms with Gasteiger partial charge in [-0.3, -0.25) is 4.79 Å². The molecular formula is C23H46O3Si2. The normalized spacial score (nSPS) is 24.9. The van der Waals surface area contributed by atoms with E-state index in [1.54, 1.807) is 0 Å². The molecule has 0 amide bonds. The third-order valence-corrected chi connectivity index (χ3v) is 15.5. The van der Waals surface area contributed by atoms with Gasteiger partial charge >= 0.3 is 5.97 Å². The molecule has 5 heteroatoms. The van der Waals surface area contributed by atoms with Gasteiger partial charge in [0.2, 0.25) is 0 Å². The van der Waals surface area contributed by atoms with Crippen LogP contribution in [-0.2, 0) is 13.6 Å². The molecule has 2 fully saturated rings. The van der Waals surface area contributed by atoms with Gasteiger partial charge in [0.15, 0.2) is 16.6 Å². The lowest BCUT2D eigenvalue weighted by atomic mass is 9.81. The van der Waals surface area contributed by atoms with E-state index >= 15 is 0 Å². The molecule has 0 bridgehead atoms. The van der Waals surface area contributed by atoms with Gasteiger partial charge in [-0.15, -0.1) is 0 Å². The fourth-order valence-corrected chi connectivity index (χ4v) is 15.9. The van der Waals surface area contributed by atoms with Crippen LogP contribution in [0.1, 0.15) is 84.0 Å². The first kappa shape index (κ1) is 24.1. The van der Waals surface area contributed by atoms with Gasteiger partial charge in [-0.1, -0.05) is 58.3 Å². The van der Waals surface area contributed by atoms with Crippen LogP contribution in [-0.4, -0.2) is 29.2 Å². The Hall–Kier alpha value is -0.136. The maximum atomic E-state index is 12.0. The third-order valence-electron chi connectivity index (χ3n) is 7.09. The Morgan fingerprint density at radius 2 is 1.50 bits per heavy atom. The van der Waals surface area contributed by atoms with Crippen LogP contribution in [0.25, 0.3) is 0 Å². The minimum absolute atomic E-state index is 0.0233. The average Bonchev–Trinajstić information content (AvgIpc) is 2.63. The standard InChI is InChI=1S/C23H46O3Si2/c1-6-7-17-25-23(24)18-20-13-15-21(16-14-20)19-27(2,3)26-28(4,5)22-11-9-8-10-12-22/h20-22H,6-19H2,1-5H3. The molecule has 2 aliphatic rings. The van der Waals surface area contributed by atoms with E-state index in [1.165, 1.54) is 63.8 Å². The van der Waals surface area contributed by atoms with Crippen molar-refractivity contribution in [3.8, 4) is 0 Å². The molecule has 2 saturated carbocycles. The smallest absolute Gasteiger partial charge is 0.306 e. The zero-order chi connectivity index (χ0) is 20.6. The van der Waals surface area contributed by atoms with Crippen LogP contribution in [0.15, 0.2) is 0 Å². The molecule has 0 aromatic rings.